The first-order valence-electron chi connectivity index (χ1n) is 3.47. The molecule has 0 aromatic heterocycles. The SMILES string of the molecule is [SiH3]C1([SiH2]Cl)CCCCO1. The van der Waals surface area contributed by atoms with Gasteiger partial charge in [0.2, 0.25) is 0 Å². The van der Waals surface area contributed by atoms with Crippen molar-refractivity contribution in [1.82, 2.24) is 0 Å². The lowest BCUT2D eigenvalue weighted by Gasteiger charge is -2.31. The highest BCUT2D eigenvalue weighted by Crippen LogP contribution is 2.20. The predicted molar refractivity (Wildman–Crippen MR) is 46.9 cm³/mol. The standard InChI is InChI=1S/C5H13ClOSi2/c6-9-5(8)3-1-2-4-7-5/h1-4,9H2,8H3. The van der Waals surface area contributed by atoms with Crippen molar-refractivity contribution in [2.75, 3.05) is 6.61 Å². The molecule has 1 fully saturated rings. The topological polar surface area (TPSA) is 9.23 Å². The van der Waals surface area contributed by atoms with Crippen LogP contribution in [-0.2, 0) is 4.74 Å². The lowest BCUT2D eigenvalue weighted by molar-refractivity contribution is 0.0373. The normalized spacial score (nSPS) is 38.3. The molecule has 0 aliphatic carbocycles. The van der Waals surface area contributed by atoms with E-state index in [1.165, 1.54) is 19.3 Å². The Morgan fingerprint density at radius 3 is 2.67 bits per heavy atom. The van der Waals surface area contributed by atoms with Gasteiger partial charge in [0.05, 0.1) is 4.85 Å². The Labute approximate surface area is 66.1 Å². The van der Waals surface area contributed by atoms with Gasteiger partial charge in [-0.15, -0.1) is 0 Å². The summed E-state index contributed by atoms with van der Waals surface area (Å²) in [5.41, 5.74) is 0. The van der Waals surface area contributed by atoms with Crippen molar-refractivity contribution >= 4 is 30.2 Å². The lowest BCUT2D eigenvalue weighted by Crippen LogP contribution is -2.40. The fraction of sp³-hybridized carbons (Fsp3) is 1.00. The molecule has 0 radical (unpaired) electrons. The van der Waals surface area contributed by atoms with Crippen molar-refractivity contribution in [1.29, 1.82) is 0 Å². The van der Waals surface area contributed by atoms with Crippen LogP contribution in [0, 0.1) is 0 Å². The number of halogens is 1. The number of hydrogen-bond donors (Lipinski definition) is 0. The molecule has 1 atom stereocenters. The summed E-state index contributed by atoms with van der Waals surface area (Å²) in [6.07, 6.45) is 3.83. The molecule has 0 saturated carbocycles. The maximum atomic E-state index is 5.87. The van der Waals surface area contributed by atoms with E-state index in [2.05, 4.69) is 0 Å². The van der Waals surface area contributed by atoms with Crippen LogP contribution in [0.5, 0.6) is 0 Å². The molecule has 0 amide bonds. The van der Waals surface area contributed by atoms with Crippen LogP contribution in [0.25, 0.3) is 0 Å². The third-order valence-electron chi connectivity index (χ3n) is 1.83. The predicted octanol–water partition coefficient (Wildman–Crippen LogP) is -0.471. The van der Waals surface area contributed by atoms with E-state index in [1.807, 2.05) is 0 Å². The van der Waals surface area contributed by atoms with Crippen molar-refractivity contribution in [2.24, 2.45) is 0 Å². The van der Waals surface area contributed by atoms with E-state index in [0.29, 0.717) is 0 Å². The van der Waals surface area contributed by atoms with Gasteiger partial charge in [0.25, 0.3) is 0 Å². The average Bonchev–Trinajstić information content (AvgIpc) is 1.90. The molecule has 4 heteroatoms. The van der Waals surface area contributed by atoms with Crippen LogP contribution in [0.2, 0.25) is 0 Å². The Morgan fingerprint density at radius 1 is 1.56 bits per heavy atom. The molecule has 0 N–H and O–H groups in total. The minimum atomic E-state index is -0.417. The van der Waals surface area contributed by atoms with Crippen molar-refractivity contribution in [3.63, 3.8) is 0 Å². The lowest BCUT2D eigenvalue weighted by atomic mass is 10.2. The van der Waals surface area contributed by atoms with Crippen LogP contribution >= 0.6 is 11.1 Å². The highest BCUT2D eigenvalue weighted by Gasteiger charge is 2.26. The van der Waals surface area contributed by atoms with E-state index in [-0.39, 0.29) is 4.85 Å². The number of rotatable bonds is 1. The van der Waals surface area contributed by atoms with Crippen molar-refractivity contribution in [3.05, 3.63) is 0 Å². The molecular weight excluding hydrogens is 168 g/mol. The maximum absolute atomic E-state index is 5.87. The second-order valence-electron chi connectivity index (χ2n) is 2.89. The molecule has 9 heavy (non-hydrogen) atoms. The summed E-state index contributed by atoms with van der Waals surface area (Å²) < 4.78 is 5.61. The molecule has 1 heterocycles. The Morgan fingerprint density at radius 2 is 2.33 bits per heavy atom. The molecule has 1 rings (SSSR count). The third kappa shape index (κ3) is 2.07. The molecular formula is C5H13ClOSi2. The van der Waals surface area contributed by atoms with Gasteiger partial charge in [-0.2, -0.15) is 11.1 Å². The van der Waals surface area contributed by atoms with Gasteiger partial charge in [-0.05, 0) is 19.3 Å². The zero-order chi connectivity index (χ0) is 6.74. The van der Waals surface area contributed by atoms with Crippen molar-refractivity contribution in [2.45, 2.75) is 24.1 Å². The molecule has 1 aliphatic heterocycles. The Balaban J connectivity index is 2.37. The maximum Gasteiger partial charge on any atom is 0.155 e. The summed E-state index contributed by atoms with van der Waals surface area (Å²) in [5, 5.41) is 0. The summed E-state index contributed by atoms with van der Waals surface area (Å²) in [5.74, 6) is 0. The summed E-state index contributed by atoms with van der Waals surface area (Å²) in [4.78, 5) is 0.264. The first-order chi connectivity index (χ1) is 4.27. The van der Waals surface area contributed by atoms with Crippen LogP contribution in [0.3, 0.4) is 0 Å². The van der Waals surface area contributed by atoms with Crippen LogP contribution < -0.4 is 0 Å². The monoisotopic (exact) mass is 180 g/mol. The first-order valence-corrected chi connectivity index (χ1v) is 7.31. The Kier molecular flexibility index (Phi) is 2.76. The van der Waals surface area contributed by atoms with Crippen LogP contribution in [0.4, 0.5) is 0 Å². The minimum absolute atomic E-state index is 0.264. The second-order valence-corrected chi connectivity index (χ2v) is 8.69. The van der Waals surface area contributed by atoms with Gasteiger partial charge in [0.15, 0.2) is 8.83 Å². The number of ether oxygens (including phenoxy) is 1. The van der Waals surface area contributed by atoms with Crippen molar-refractivity contribution < 1.29 is 4.74 Å². The zero-order valence-electron chi connectivity index (χ0n) is 5.82. The zero-order valence-corrected chi connectivity index (χ0v) is 9.99. The molecule has 0 bridgehead atoms. The van der Waals surface area contributed by atoms with E-state index in [4.69, 9.17) is 15.8 Å². The molecule has 1 saturated heterocycles. The summed E-state index contributed by atoms with van der Waals surface area (Å²) in [7, 11) is 0.722. The quantitative estimate of drug-likeness (QED) is 0.392. The van der Waals surface area contributed by atoms with Gasteiger partial charge in [0, 0.05) is 16.8 Å². The van der Waals surface area contributed by atoms with Gasteiger partial charge in [-0.3, -0.25) is 0 Å². The van der Waals surface area contributed by atoms with Gasteiger partial charge in [-0.25, -0.2) is 0 Å². The smallest absolute Gasteiger partial charge is 0.155 e. The fourth-order valence-corrected chi connectivity index (χ4v) is 2.89. The second kappa shape index (κ2) is 3.19. The van der Waals surface area contributed by atoms with Crippen LogP contribution in [-0.4, -0.2) is 30.5 Å². The molecule has 0 aromatic carbocycles. The van der Waals surface area contributed by atoms with Crippen LogP contribution in [0.1, 0.15) is 19.3 Å². The van der Waals surface area contributed by atoms with E-state index in [1.54, 1.807) is 0 Å². The summed E-state index contributed by atoms with van der Waals surface area (Å²) >= 11 is 5.87. The summed E-state index contributed by atoms with van der Waals surface area (Å²) in [6, 6.07) is 0. The average molecular weight is 181 g/mol. The van der Waals surface area contributed by atoms with E-state index < -0.39 is 8.83 Å². The molecule has 1 aliphatic rings. The Hall–Kier alpha value is 0.684. The first kappa shape index (κ1) is 7.79. The van der Waals surface area contributed by atoms with Crippen LogP contribution in [0.15, 0.2) is 0 Å². The third-order valence-corrected chi connectivity index (χ3v) is 7.85. The highest BCUT2D eigenvalue weighted by atomic mass is 35.6. The van der Waals surface area contributed by atoms with Gasteiger partial charge >= 0.3 is 0 Å². The highest BCUT2D eigenvalue weighted by molar-refractivity contribution is 6.98. The molecule has 0 spiro atoms. The van der Waals surface area contributed by atoms with E-state index >= 15 is 0 Å². The molecule has 54 valence electrons. The van der Waals surface area contributed by atoms with E-state index in [0.717, 1.165) is 16.8 Å². The number of hydrogen-bond acceptors (Lipinski definition) is 1. The Bertz CT molecular complexity index is 93.0. The minimum Gasteiger partial charge on any atom is -0.382 e. The molecule has 1 unspecified atom stereocenters. The van der Waals surface area contributed by atoms with Gasteiger partial charge < -0.3 is 4.74 Å². The van der Waals surface area contributed by atoms with E-state index in [9.17, 15) is 0 Å². The molecule has 0 aromatic rings. The summed E-state index contributed by atoms with van der Waals surface area (Å²) in [6.45, 7) is 0.962. The fourth-order valence-electron chi connectivity index (χ4n) is 1.10. The largest absolute Gasteiger partial charge is 0.382 e. The van der Waals surface area contributed by atoms with Gasteiger partial charge in [-0.1, -0.05) is 0 Å². The van der Waals surface area contributed by atoms with Crippen molar-refractivity contribution in [3.8, 4) is 0 Å². The molecule has 1 nitrogen and oxygen atoms in total. The van der Waals surface area contributed by atoms with Gasteiger partial charge in [0.1, 0.15) is 0 Å².